The molecular formula is C19H19N5O3S. The van der Waals surface area contributed by atoms with Crippen molar-refractivity contribution in [1.29, 1.82) is 0 Å². The van der Waals surface area contributed by atoms with E-state index in [4.69, 9.17) is 4.42 Å². The molecule has 144 valence electrons. The number of fused-ring (bicyclic) bond motifs is 1. The Hall–Kier alpha value is -3.07. The molecule has 28 heavy (non-hydrogen) atoms. The van der Waals surface area contributed by atoms with Gasteiger partial charge < -0.3 is 19.2 Å². The number of rotatable bonds is 6. The Labute approximate surface area is 165 Å². The van der Waals surface area contributed by atoms with E-state index in [1.165, 1.54) is 23.6 Å². The van der Waals surface area contributed by atoms with Crippen LogP contribution in [0.2, 0.25) is 0 Å². The van der Waals surface area contributed by atoms with Crippen molar-refractivity contribution in [2.24, 2.45) is 7.05 Å². The van der Waals surface area contributed by atoms with E-state index in [9.17, 15) is 9.59 Å². The molecule has 4 rings (SSSR count). The Balaban J connectivity index is 1.33. The van der Waals surface area contributed by atoms with Crippen molar-refractivity contribution in [3.8, 4) is 0 Å². The highest BCUT2D eigenvalue weighted by Crippen LogP contribution is 2.28. The van der Waals surface area contributed by atoms with Crippen molar-refractivity contribution in [1.82, 2.24) is 20.1 Å². The molecule has 0 aliphatic carbocycles. The summed E-state index contributed by atoms with van der Waals surface area (Å²) in [5, 5.41) is 11.6. The number of furan rings is 1. The van der Waals surface area contributed by atoms with Crippen LogP contribution in [0.4, 0.5) is 5.69 Å². The third-order valence-electron chi connectivity index (χ3n) is 4.59. The minimum atomic E-state index is -0.315. The molecule has 0 atom stereocenters. The van der Waals surface area contributed by atoms with Crippen molar-refractivity contribution in [2.45, 2.75) is 18.1 Å². The number of nitrogens with one attached hydrogen (secondary N) is 1. The molecule has 0 fully saturated rings. The first kappa shape index (κ1) is 18.3. The van der Waals surface area contributed by atoms with Gasteiger partial charge in [-0.1, -0.05) is 30.0 Å². The second-order valence-corrected chi connectivity index (χ2v) is 7.27. The second-order valence-electron chi connectivity index (χ2n) is 6.33. The Bertz CT molecular complexity index is 999. The van der Waals surface area contributed by atoms with E-state index >= 15 is 0 Å². The van der Waals surface area contributed by atoms with Crippen molar-refractivity contribution in [3.63, 3.8) is 0 Å². The number of hydrogen-bond donors (Lipinski definition) is 1. The Morgan fingerprint density at radius 3 is 2.89 bits per heavy atom. The number of para-hydroxylation sites is 1. The fourth-order valence-electron chi connectivity index (χ4n) is 3.08. The monoisotopic (exact) mass is 397 g/mol. The summed E-state index contributed by atoms with van der Waals surface area (Å²) in [7, 11) is 1.81. The van der Waals surface area contributed by atoms with Crippen LogP contribution in [0, 0.1) is 0 Å². The van der Waals surface area contributed by atoms with Crippen LogP contribution in [0.1, 0.15) is 21.9 Å². The molecule has 2 amide bonds. The zero-order chi connectivity index (χ0) is 19.5. The van der Waals surface area contributed by atoms with Gasteiger partial charge in [0.05, 0.1) is 18.6 Å². The maximum atomic E-state index is 12.6. The molecule has 0 saturated heterocycles. The highest BCUT2D eigenvalue weighted by atomic mass is 32.2. The topological polar surface area (TPSA) is 93.3 Å². The zero-order valence-electron chi connectivity index (χ0n) is 15.3. The SMILES string of the molecule is Cn1c(CNC(=O)c2ccco2)nnc1SCC(=O)N1CCc2ccccc21. The minimum Gasteiger partial charge on any atom is -0.459 e. The van der Waals surface area contributed by atoms with Gasteiger partial charge >= 0.3 is 0 Å². The molecule has 0 radical (unpaired) electrons. The van der Waals surface area contributed by atoms with E-state index in [2.05, 4.69) is 21.6 Å². The average Bonchev–Trinajstić information content (AvgIpc) is 3.45. The molecule has 8 nitrogen and oxygen atoms in total. The van der Waals surface area contributed by atoms with Gasteiger partial charge in [-0.05, 0) is 30.2 Å². The second kappa shape index (κ2) is 7.89. The van der Waals surface area contributed by atoms with Gasteiger partial charge in [0.15, 0.2) is 16.7 Å². The number of aromatic nitrogens is 3. The van der Waals surface area contributed by atoms with Gasteiger partial charge in [-0.3, -0.25) is 9.59 Å². The average molecular weight is 397 g/mol. The normalized spacial score (nSPS) is 12.8. The fourth-order valence-corrected chi connectivity index (χ4v) is 3.89. The number of nitrogens with zero attached hydrogens (tertiary/aromatic N) is 4. The van der Waals surface area contributed by atoms with Crippen molar-refractivity contribution in [2.75, 3.05) is 17.2 Å². The number of carbonyl (C=O) groups is 2. The van der Waals surface area contributed by atoms with E-state index in [-0.39, 0.29) is 29.9 Å². The molecular weight excluding hydrogens is 378 g/mol. The maximum absolute atomic E-state index is 12.6. The minimum absolute atomic E-state index is 0.0469. The van der Waals surface area contributed by atoms with E-state index in [1.807, 2.05) is 30.1 Å². The van der Waals surface area contributed by atoms with Gasteiger partial charge in [-0.25, -0.2) is 0 Å². The molecule has 3 heterocycles. The first-order valence-corrected chi connectivity index (χ1v) is 9.83. The molecule has 1 aliphatic heterocycles. The van der Waals surface area contributed by atoms with Crippen LogP contribution in [-0.4, -0.2) is 38.9 Å². The lowest BCUT2D eigenvalue weighted by molar-refractivity contribution is -0.116. The molecule has 0 saturated carbocycles. The van der Waals surface area contributed by atoms with Gasteiger partial charge in [0.25, 0.3) is 5.91 Å². The molecule has 1 aliphatic rings. The quantitative estimate of drug-likeness (QED) is 0.640. The zero-order valence-corrected chi connectivity index (χ0v) is 16.1. The summed E-state index contributed by atoms with van der Waals surface area (Å²) in [6.45, 7) is 0.929. The number of hydrogen-bond acceptors (Lipinski definition) is 6. The fraction of sp³-hybridized carbons (Fsp3) is 0.263. The van der Waals surface area contributed by atoms with E-state index in [1.54, 1.807) is 16.7 Å². The molecule has 1 N–H and O–H groups in total. The summed E-state index contributed by atoms with van der Waals surface area (Å²) in [4.78, 5) is 26.4. The lowest BCUT2D eigenvalue weighted by atomic mass is 10.2. The Morgan fingerprint density at radius 2 is 2.07 bits per heavy atom. The van der Waals surface area contributed by atoms with Crippen LogP contribution in [0.15, 0.2) is 52.2 Å². The molecule has 1 aromatic carbocycles. The van der Waals surface area contributed by atoms with Crippen LogP contribution in [0.5, 0.6) is 0 Å². The highest BCUT2D eigenvalue weighted by molar-refractivity contribution is 7.99. The first-order chi connectivity index (χ1) is 13.6. The van der Waals surface area contributed by atoms with Crippen LogP contribution in [0.3, 0.4) is 0 Å². The maximum Gasteiger partial charge on any atom is 0.287 e. The van der Waals surface area contributed by atoms with Gasteiger partial charge in [0, 0.05) is 19.3 Å². The number of anilines is 1. The summed E-state index contributed by atoms with van der Waals surface area (Å²) in [6.07, 6.45) is 2.33. The first-order valence-electron chi connectivity index (χ1n) is 8.84. The van der Waals surface area contributed by atoms with Gasteiger partial charge in [0.1, 0.15) is 0 Å². The summed E-state index contributed by atoms with van der Waals surface area (Å²) in [5.74, 6) is 0.851. The highest BCUT2D eigenvalue weighted by Gasteiger charge is 2.24. The lowest BCUT2D eigenvalue weighted by Crippen LogP contribution is -2.30. The molecule has 0 bridgehead atoms. The number of carbonyl (C=O) groups excluding carboxylic acids is 2. The summed E-state index contributed by atoms with van der Waals surface area (Å²) >= 11 is 1.34. The van der Waals surface area contributed by atoms with Crippen LogP contribution in [0.25, 0.3) is 0 Å². The summed E-state index contributed by atoms with van der Waals surface area (Å²) in [5.41, 5.74) is 2.20. The molecule has 0 unspecified atom stereocenters. The molecule has 2 aromatic heterocycles. The smallest absolute Gasteiger partial charge is 0.287 e. The Morgan fingerprint density at radius 1 is 1.21 bits per heavy atom. The number of amides is 2. The molecule has 9 heteroatoms. The van der Waals surface area contributed by atoms with Crippen molar-refractivity contribution >= 4 is 29.3 Å². The van der Waals surface area contributed by atoms with E-state index < -0.39 is 0 Å². The van der Waals surface area contributed by atoms with Gasteiger partial charge in [0.2, 0.25) is 5.91 Å². The molecule has 3 aromatic rings. The van der Waals surface area contributed by atoms with Crippen molar-refractivity contribution < 1.29 is 14.0 Å². The van der Waals surface area contributed by atoms with Crippen LogP contribution in [-0.2, 0) is 24.8 Å². The standard InChI is InChI=1S/C19H19N5O3S/c1-23-16(11-20-18(26)15-7-4-10-27-15)21-22-19(23)28-12-17(25)24-9-8-13-5-2-3-6-14(13)24/h2-7,10H,8-9,11-12H2,1H3,(H,20,26). The largest absolute Gasteiger partial charge is 0.459 e. The predicted molar refractivity (Wildman–Crippen MR) is 104 cm³/mol. The van der Waals surface area contributed by atoms with Gasteiger partial charge in [-0.2, -0.15) is 0 Å². The lowest BCUT2D eigenvalue weighted by Gasteiger charge is -2.16. The number of benzene rings is 1. The van der Waals surface area contributed by atoms with E-state index in [0.717, 1.165) is 12.1 Å². The predicted octanol–water partition coefficient (Wildman–Crippen LogP) is 2.02. The summed E-state index contributed by atoms with van der Waals surface area (Å²) in [6, 6.07) is 11.2. The molecule has 0 spiro atoms. The Kier molecular flexibility index (Phi) is 5.16. The van der Waals surface area contributed by atoms with Gasteiger partial charge in [-0.15, -0.1) is 10.2 Å². The third kappa shape index (κ3) is 3.65. The number of thioether (sulfide) groups is 1. The third-order valence-corrected chi connectivity index (χ3v) is 5.60. The van der Waals surface area contributed by atoms with Crippen molar-refractivity contribution in [3.05, 3.63) is 59.8 Å². The van der Waals surface area contributed by atoms with E-state index in [0.29, 0.717) is 17.5 Å². The van der Waals surface area contributed by atoms with Crippen LogP contribution >= 0.6 is 11.8 Å². The summed E-state index contributed by atoms with van der Waals surface area (Å²) < 4.78 is 6.83. The van der Waals surface area contributed by atoms with Crippen LogP contribution < -0.4 is 10.2 Å².